The Morgan fingerprint density at radius 3 is 2.75 bits per heavy atom. The molecule has 0 atom stereocenters. The fourth-order valence-corrected chi connectivity index (χ4v) is 4.72. The number of nitrogens with one attached hydrogen (secondary N) is 2. The summed E-state index contributed by atoms with van der Waals surface area (Å²) in [6.07, 6.45) is 3.52. The Hall–Kier alpha value is -4.17. The zero-order valence-corrected chi connectivity index (χ0v) is 17.8. The highest BCUT2D eigenvalue weighted by atomic mass is 32.1. The highest BCUT2D eigenvalue weighted by Gasteiger charge is 2.17. The number of pyridine rings is 2. The minimum atomic E-state index is 0.0588. The van der Waals surface area contributed by atoms with E-state index in [-0.39, 0.29) is 5.78 Å². The highest BCUT2D eigenvalue weighted by molar-refractivity contribution is 7.17. The van der Waals surface area contributed by atoms with Crippen molar-refractivity contribution in [1.29, 1.82) is 0 Å². The second kappa shape index (κ2) is 7.21. The molecular formula is C24H16N6OS. The number of thiophene rings is 1. The first-order valence-electron chi connectivity index (χ1n) is 10.0. The Labute approximate surface area is 186 Å². The number of H-pyrrole nitrogens is 2. The van der Waals surface area contributed by atoms with E-state index in [9.17, 15) is 4.79 Å². The summed E-state index contributed by atoms with van der Waals surface area (Å²) < 4.78 is 0. The molecule has 32 heavy (non-hydrogen) atoms. The molecule has 6 rings (SSSR count). The highest BCUT2D eigenvalue weighted by Crippen LogP contribution is 2.35. The molecule has 5 heterocycles. The second-order valence-corrected chi connectivity index (χ2v) is 8.49. The monoisotopic (exact) mass is 436 g/mol. The van der Waals surface area contributed by atoms with E-state index in [2.05, 4.69) is 31.2 Å². The lowest BCUT2D eigenvalue weighted by Crippen LogP contribution is -1.84. The Morgan fingerprint density at radius 2 is 1.94 bits per heavy atom. The largest absolute Gasteiger partial charge is 0.335 e. The molecule has 0 amide bonds. The molecule has 0 unspecified atom stereocenters. The van der Waals surface area contributed by atoms with Crippen LogP contribution in [0, 0.1) is 0 Å². The minimum Gasteiger partial charge on any atom is -0.335 e. The van der Waals surface area contributed by atoms with Gasteiger partial charge in [0.25, 0.3) is 0 Å². The molecule has 0 bridgehead atoms. The van der Waals surface area contributed by atoms with Crippen molar-refractivity contribution in [2.75, 3.05) is 0 Å². The van der Waals surface area contributed by atoms with Crippen LogP contribution >= 0.6 is 11.3 Å². The average molecular weight is 437 g/mol. The molecule has 154 valence electrons. The predicted octanol–water partition coefficient (Wildman–Crippen LogP) is 5.49. The fraction of sp³-hybridized carbons (Fsp3) is 0.0417. The van der Waals surface area contributed by atoms with Crippen LogP contribution in [0.5, 0.6) is 0 Å². The van der Waals surface area contributed by atoms with Gasteiger partial charge in [0, 0.05) is 33.8 Å². The molecule has 2 N–H and O–H groups in total. The summed E-state index contributed by atoms with van der Waals surface area (Å²) in [5, 5.41) is 8.55. The van der Waals surface area contributed by atoms with Gasteiger partial charge in [0.15, 0.2) is 17.3 Å². The van der Waals surface area contributed by atoms with Gasteiger partial charge in [0.1, 0.15) is 5.69 Å². The maximum absolute atomic E-state index is 11.7. The molecule has 0 saturated carbocycles. The number of hydrogen-bond acceptors (Lipinski definition) is 6. The van der Waals surface area contributed by atoms with Crippen molar-refractivity contribution >= 4 is 39.2 Å². The van der Waals surface area contributed by atoms with Crippen LogP contribution in [-0.2, 0) is 0 Å². The molecule has 8 heteroatoms. The first kappa shape index (κ1) is 18.6. The molecule has 0 spiro atoms. The number of ketones is 1. The number of benzene rings is 1. The van der Waals surface area contributed by atoms with Gasteiger partial charge in [0.05, 0.1) is 21.6 Å². The Kier molecular flexibility index (Phi) is 4.19. The smallest absolute Gasteiger partial charge is 0.178 e. The van der Waals surface area contributed by atoms with E-state index in [4.69, 9.17) is 4.98 Å². The first-order chi connectivity index (χ1) is 15.7. The lowest BCUT2D eigenvalue weighted by atomic mass is 10.1. The lowest BCUT2D eigenvalue weighted by molar-refractivity contribution is 0.102. The van der Waals surface area contributed by atoms with E-state index in [0.717, 1.165) is 48.7 Å². The molecule has 6 aromatic rings. The SMILES string of the molecule is CC(=O)c1ccc(-c2ccnc3nc(-c4n[nH]c5ccc(-c6ccccn6)cc45)[nH]c23)s1. The number of aromatic amines is 2. The predicted molar refractivity (Wildman–Crippen MR) is 126 cm³/mol. The van der Waals surface area contributed by atoms with E-state index < -0.39 is 0 Å². The molecule has 0 aliphatic rings. The number of carbonyl (C=O) groups is 1. The fourth-order valence-electron chi connectivity index (χ4n) is 3.79. The standard InChI is InChI=1S/C24H16N6OS/c1-13(31)19-7-8-20(32-19)15-9-11-26-23-21(15)27-24(28-23)22-16-12-14(5-6-18(16)29-30-22)17-4-2-3-10-25-17/h2-12H,1H3,(H,29,30)(H,26,27,28). The second-order valence-electron chi connectivity index (χ2n) is 7.41. The van der Waals surface area contributed by atoms with Gasteiger partial charge >= 0.3 is 0 Å². The van der Waals surface area contributed by atoms with Crippen LogP contribution in [-0.4, -0.2) is 35.9 Å². The van der Waals surface area contributed by atoms with E-state index in [1.807, 2.05) is 48.5 Å². The average Bonchev–Trinajstić information content (AvgIpc) is 3.56. The Balaban J connectivity index is 1.49. The third-order valence-electron chi connectivity index (χ3n) is 5.36. The van der Waals surface area contributed by atoms with Crippen molar-refractivity contribution in [3.63, 3.8) is 0 Å². The molecular weight excluding hydrogens is 420 g/mol. The number of imidazole rings is 1. The summed E-state index contributed by atoms with van der Waals surface area (Å²) in [6, 6.07) is 17.7. The van der Waals surface area contributed by atoms with Crippen LogP contribution in [0.25, 0.3) is 55.3 Å². The summed E-state index contributed by atoms with van der Waals surface area (Å²) >= 11 is 1.46. The van der Waals surface area contributed by atoms with E-state index in [0.29, 0.717) is 11.5 Å². The normalized spacial score (nSPS) is 11.4. The summed E-state index contributed by atoms with van der Waals surface area (Å²) in [7, 11) is 0. The zero-order valence-electron chi connectivity index (χ0n) is 17.0. The van der Waals surface area contributed by atoms with E-state index >= 15 is 0 Å². The first-order valence-corrected chi connectivity index (χ1v) is 10.8. The van der Waals surface area contributed by atoms with Gasteiger partial charge in [-0.05, 0) is 49.4 Å². The molecule has 7 nitrogen and oxygen atoms in total. The molecule has 0 fully saturated rings. The van der Waals surface area contributed by atoms with Gasteiger partial charge in [-0.3, -0.25) is 14.9 Å². The summed E-state index contributed by atoms with van der Waals surface area (Å²) in [6.45, 7) is 1.58. The van der Waals surface area contributed by atoms with Crippen LogP contribution in [0.1, 0.15) is 16.6 Å². The molecule has 0 aliphatic carbocycles. The van der Waals surface area contributed by atoms with Gasteiger partial charge in [0.2, 0.25) is 0 Å². The summed E-state index contributed by atoms with van der Waals surface area (Å²) in [5.74, 6) is 0.691. The molecule has 0 radical (unpaired) electrons. The van der Waals surface area contributed by atoms with Gasteiger partial charge in [-0.2, -0.15) is 5.10 Å². The van der Waals surface area contributed by atoms with Crippen LogP contribution in [0.15, 0.2) is 67.0 Å². The van der Waals surface area contributed by atoms with Crippen LogP contribution in [0.4, 0.5) is 0 Å². The lowest BCUT2D eigenvalue weighted by Gasteiger charge is -2.01. The maximum atomic E-state index is 11.7. The number of hydrogen-bond donors (Lipinski definition) is 2. The minimum absolute atomic E-state index is 0.0588. The van der Waals surface area contributed by atoms with Gasteiger partial charge in [-0.1, -0.05) is 12.1 Å². The van der Waals surface area contributed by atoms with E-state index in [1.54, 1.807) is 19.3 Å². The number of fused-ring (bicyclic) bond motifs is 2. The number of nitrogens with zero attached hydrogens (tertiary/aromatic N) is 4. The van der Waals surface area contributed by atoms with Crippen molar-refractivity contribution in [3.8, 4) is 33.2 Å². The number of aromatic nitrogens is 6. The molecule has 0 aliphatic heterocycles. The van der Waals surface area contributed by atoms with Crippen molar-refractivity contribution in [2.24, 2.45) is 0 Å². The van der Waals surface area contributed by atoms with Crippen LogP contribution in [0.3, 0.4) is 0 Å². The van der Waals surface area contributed by atoms with Gasteiger partial charge in [-0.25, -0.2) is 9.97 Å². The van der Waals surface area contributed by atoms with Crippen LogP contribution < -0.4 is 0 Å². The third-order valence-corrected chi connectivity index (χ3v) is 6.58. The maximum Gasteiger partial charge on any atom is 0.178 e. The molecule has 0 saturated heterocycles. The van der Waals surface area contributed by atoms with Crippen molar-refractivity contribution < 1.29 is 4.79 Å². The Morgan fingerprint density at radius 1 is 1.00 bits per heavy atom. The number of Topliss-reactive ketones (excluding diaryl/α,β-unsaturated/α-hetero) is 1. The van der Waals surface area contributed by atoms with E-state index in [1.165, 1.54) is 11.3 Å². The van der Waals surface area contributed by atoms with Crippen molar-refractivity contribution in [3.05, 3.63) is 71.9 Å². The van der Waals surface area contributed by atoms with Gasteiger partial charge < -0.3 is 4.98 Å². The Bertz CT molecular complexity index is 1610. The van der Waals surface area contributed by atoms with Crippen molar-refractivity contribution in [2.45, 2.75) is 6.92 Å². The zero-order chi connectivity index (χ0) is 21.7. The van der Waals surface area contributed by atoms with Crippen LogP contribution in [0.2, 0.25) is 0 Å². The number of carbonyl (C=O) groups excluding carboxylic acids is 1. The molecule has 5 aromatic heterocycles. The summed E-state index contributed by atoms with van der Waals surface area (Å²) in [5.41, 5.74) is 5.92. The topological polar surface area (TPSA) is 100 Å². The van der Waals surface area contributed by atoms with Crippen molar-refractivity contribution in [1.82, 2.24) is 30.1 Å². The number of rotatable bonds is 4. The quantitative estimate of drug-likeness (QED) is 0.356. The molecule has 1 aromatic carbocycles. The van der Waals surface area contributed by atoms with Gasteiger partial charge in [-0.15, -0.1) is 11.3 Å². The third kappa shape index (κ3) is 3.00. The summed E-state index contributed by atoms with van der Waals surface area (Å²) in [4.78, 5) is 30.4.